The Labute approximate surface area is 229 Å². The summed E-state index contributed by atoms with van der Waals surface area (Å²) < 4.78 is 78.1. The van der Waals surface area contributed by atoms with E-state index in [-0.39, 0.29) is 36.2 Å². The van der Waals surface area contributed by atoms with Gasteiger partial charge in [0.15, 0.2) is 0 Å². The van der Waals surface area contributed by atoms with Crippen LogP contribution < -0.4 is 10.6 Å². The van der Waals surface area contributed by atoms with Crippen LogP contribution in [0.4, 0.5) is 26.3 Å². The number of amides is 2. The van der Waals surface area contributed by atoms with Gasteiger partial charge in [-0.05, 0) is 51.3 Å². The van der Waals surface area contributed by atoms with E-state index in [1.165, 1.54) is 18.2 Å². The molecule has 2 unspecified atom stereocenters. The lowest BCUT2D eigenvalue weighted by atomic mass is 9.97. The van der Waals surface area contributed by atoms with E-state index in [0.717, 1.165) is 24.3 Å². The lowest BCUT2D eigenvalue weighted by molar-refractivity contribution is -0.140. The number of hydrogen-bond donors (Lipinski definition) is 3. The molecule has 0 aliphatic carbocycles. The highest BCUT2D eigenvalue weighted by molar-refractivity contribution is 9.10. The zero-order valence-electron chi connectivity index (χ0n) is 18.2. The Morgan fingerprint density at radius 3 is 2.11 bits per heavy atom. The van der Waals surface area contributed by atoms with Gasteiger partial charge in [-0.3, -0.25) is 9.59 Å². The summed E-state index contributed by atoms with van der Waals surface area (Å²) in [6, 6.07) is 4.22. The minimum atomic E-state index is -4.71. The van der Waals surface area contributed by atoms with Gasteiger partial charge >= 0.3 is 12.4 Å². The van der Waals surface area contributed by atoms with E-state index in [2.05, 4.69) is 21.2 Å². The van der Waals surface area contributed by atoms with E-state index in [1.54, 1.807) is 5.32 Å². The Bertz CT molecular complexity index is 1170. The van der Waals surface area contributed by atoms with Crippen molar-refractivity contribution in [1.82, 2.24) is 10.6 Å². The molecule has 0 spiro atoms. The first kappa shape index (κ1) is 31.2. The highest BCUT2D eigenvalue weighted by Gasteiger charge is 2.39. The number of benzene rings is 2. The van der Waals surface area contributed by atoms with Crippen LogP contribution in [0, 0.1) is 0 Å². The predicted molar refractivity (Wildman–Crippen MR) is 131 cm³/mol. The lowest BCUT2D eigenvalue weighted by Crippen LogP contribution is -2.50. The topological polar surface area (TPSA) is 78.4 Å². The van der Waals surface area contributed by atoms with Crippen LogP contribution in [0.15, 0.2) is 40.9 Å². The molecule has 0 aliphatic rings. The molecule has 2 rings (SSSR count). The second-order valence-electron chi connectivity index (χ2n) is 7.46. The Kier molecular flexibility index (Phi) is 10.7. The molecule has 0 saturated heterocycles. The number of nitrogens with one attached hydrogen (secondary N) is 2. The van der Waals surface area contributed by atoms with E-state index in [0.29, 0.717) is 0 Å². The van der Waals surface area contributed by atoms with Gasteiger partial charge < -0.3 is 15.7 Å². The quantitative estimate of drug-likeness (QED) is 0.223. The fraction of sp³-hybridized carbons (Fsp3) is 0.273. The summed E-state index contributed by atoms with van der Waals surface area (Å²) in [7, 11) is 0. The molecule has 0 bridgehead atoms. The van der Waals surface area contributed by atoms with Gasteiger partial charge in [0.05, 0.1) is 33.2 Å². The molecule has 0 saturated carbocycles. The normalized spacial score (nSPS) is 13.9. The van der Waals surface area contributed by atoms with Gasteiger partial charge in [0.25, 0.3) is 5.91 Å². The summed E-state index contributed by atoms with van der Waals surface area (Å²) in [5.74, 6) is -4.28. The minimum Gasteiger partial charge on any atom is -0.394 e. The number of carbonyl (C=O) groups is 2. The van der Waals surface area contributed by atoms with Crippen LogP contribution in [0.5, 0.6) is 0 Å². The van der Waals surface area contributed by atoms with Gasteiger partial charge in [-0.25, -0.2) is 0 Å². The Balaban J connectivity index is 2.22. The summed E-state index contributed by atoms with van der Waals surface area (Å²) in [6.45, 7) is -2.64. The van der Waals surface area contributed by atoms with E-state index < -0.39 is 49.3 Å². The van der Waals surface area contributed by atoms with Crippen LogP contribution in [-0.2, 0) is 4.79 Å². The van der Waals surface area contributed by atoms with Crippen molar-refractivity contribution in [1.29, 1.82) is 0 Å². The highest BCUT2D eigenvalue weighted by atomic mass is 79.9. The average Bonchev–Trinajstić information content (AvgIpc) is 2.78. The molecule has 0 radical (unpaired) electrons. The van der Waals surface area contributed by atoms with Crippen LogP contribution in [-0.4, -0.2) is 48.5 Å². The third-order valence-electron chi connectivity index (χ3n) is 4.70. The van der Waals surface area contributed by atoms with Crippen molar-refractivity contribution >= 4 is 68.6 Å². The van der Waals surface area contributed by atoms with Gasteiger partial charge in [0.1, 0.15) is 12.6 Å². The number of rotatable bonds is 8. The monoisotopic (exact) mass is 654 g/mol. The van der Waals surface area contributed by atoms with Crippen molar-refractivity contribution < 1.29 is 41.0 Å². The Morgan fingerprint density at radius 2 is 1.62 bits per heavy atom. The molecule has 0 fully saturated rings. The number of carbonyl (C=O) groups excluding carboxylic acids is 2. The van der Waals surface area contributed by atoms with Crippen LogP contribution in [0.25, 0.3) is 6.08 Å². The van der Waals surface area contributed by atoms with E-state index in [1.807, 2.05) is 0 Å². The number of allylic oxidation sites excluding steroid dienone is 1. The van der Waals surface area contributed by atoms with Crippen molar-refractivity contribution in [3.05, 3.63) is 72.6 Å². The molecule has 0 aliphatic heterocycles. The average molecular weight is 657 g/mol. The number of aliphatic hydroxyl groups excluding tert-OH is 1. The van der Waals surface area contributed by atoms with Crippen molar-refractivity contribution in [3.8, 4) is 0 Å². The van der Waals surface area contributed by atoms with Crippen LogP contribution >= 0.6 is 50.7 Å². The molecule has 2 aromatic carbocycles. The molecule has 2 aromatic rings. The van der Waals surface area contributed by atoms with Crippen LogP contribution in [0.3, 0.4) is 0 Å². The molecule has 5 nitrogen and oxygen atoms in total. The maximum Gasteiger partial charge on any atom is 0.405 e. The van der Waals surface area contributed by atoms with Crippen molar-refractivity contribution in [3.63, 3.8) is 0 Å². The van der Waals surface area contributed by atoms with Gasteiger partial charge in [-0.1, -0.05) is 53.0 Å². The maximum absolute atomic E-state index is 13.7. The third kappa shape index (κ3) is 9.06. The number of aliphatic hydroxyl groups is 1. The van der Waals surface area contributed by atoms with Gasteiger partial charge in [0.2, 0.25) is 5.91 Å². The number of halogens is 10. The van der Waals surface area contributed by atoms with Crippen LogP contribution in [0.2, 0.25) is 15.1 Å². The zero-order chi connectivity index (χ0) is 28.1. The SMILES string of the molecule is O=C(NC(CO)C(=O)NCC(F)(F)F)c1ccc(/C=C/C(c2cc(Cl)c(Cl)c(Cl)c2)C(F)(F)F)cc1Br. The Hall–Kier alpha value is -1.99. The second-order valence-corrected chi connectivity index (χ2v) is 9.50. The molecular weight excluding hydrogens is 641 g/mol. The molecule has 37 heavy (non-hydrogen) atoms. The molecular formula is C22H16BrCl3F6N2O3. The molecule has 2 atom stereocenters. The maximum atomic E-state index is 13.7. The molecule has 3 N–H and O–H groups in total. The summed E-state index contributed by atoms with van der Waals surface area (Å²) in [5, 5.41) is 12.5. The first-order chi connectivity index (χ1) is 17.0. The van der Waals surface area contributed by atoms with Crippen molar-refractivity contribution in [2.45, 2.75) is 24.3 Å². The van der Waals surface area contributed by atoms with E-state index in [9.17, 15) is 41.0 Å². The highest BCUT2D eigenvalue weighted by Crippen LogP contribution is 2.41. The zero-order valence-corrected chi connectivity index (χ0v) is 22.0. The Morgan fingerprint density at radius 1 is 1.03 bits per heavy atom. The summed E-state index contributed by atoms with van der Waals surface area (Å²) >= 11 is 20.6. The van der Waals surface area contributed by atoms with E-state index >= 15 is 0 Å². The first-order valence-electron chi connectivity index (χ1n) is 9.98. The second kappa shape index (κ2) is 12.7. The largest absolute Gasteiger partial charge is 0.405 e. The number of alkyl halides is 6. The fourth-order valence-corrected chi connectivity index (χ4v) is 4.12. The van der Waals surface area contributed by atoms with Gasteiger partial charge in [-0.2, -0.15) is 26.3 Å². The molecule has 2 amide bonds. The standard InChI is InChI=1S/C22H16BrCl3F6N2O3/c23-14-5-10(2-4-13(22(30,31)32)11-6-15(24)18(26)16(25)7-11)1-3-12(14)19(36)34-17(8-35)20(37)33-9-21(27,28)29/h1-7,13,17,35H,8-9H2,(H,33,37)(H,34,36)/b4-2+. The first-order valence-corrected chi connectivity index (χ1v) is 11.9. The number of hydrogen-bond acceptors (Lipinski definition) is 3. The molecule has 0 heterocycles. The van der Waals surface area contributed by atoms with Gasteiger partial charge in [-0.15, -0.1) is 0 Å². The summed E-state index contributed by atoms with van der Waals surface area (Å²) in [5.41, 5.74) is -0.106. The minimum absolute atomic E-state index is 0.0870. The molecule has 15 heteroatoms. The van der Waals surface area contributed by atoms with Crippen LogP contribution in [0.1, 0.15) is 27.4 Å². The predicted octanol–water partition coefficient (Wildman–Crippen LogP) is 6.54. The van der Waals surface area contributed by atoms with Gasteiger partial charge in [0, 0.05) is 4.47 Å². The van der Waals surface area contributed by atoms with Crippen molar-refractivity contribution in [2.75, 3.05) is 13.2 Å². The summed E-state index contributed by atoms with van der Waals surface area (Å²) in [6.07, 6.45) is -7.41. The third-order valence-corrected chi connectivity index (χ3v) is 6.56. The lowest BCUT2D eigenvalue weighted by Gasteiger charge is -2.18. The van der Waals surface area contributed by atoms with Crippen molar-refractivity contribution in [2.24, 2.45) is 0 Å². The summed E-state index contributed by atoms with van der Waals surface area (Å²) in [4.78, 5) is 24.3. The molecule has 0 aromatic heterocycles. The molecule has 202 valence electrons. The fourth-order valence-electron chi connectivity index (χ4n) is 2.93. The van der Waals surface area contributed by atoms with E-state index in [4.69, 9.17) is 34.8 Å². The smallest absolute Gasteiger partial charge is 0.394 e.